The second-order valence-corrected chi connectivity index (χ2v) is 4.87. The minimum atomic E-state index is -0.533. The topological polar surface area (TPSA) is 26.0 Å². The second kappa shape index (κ2) is 6.86. The Kier molecular flexibility index (Phi) is 5.77. The lowest BCUT2D eigenvalue weighted by Gasteiger charge is -2.08. The summed E-state index contributed by atoms with van der Waals surface area (Å²) in [7, 11) is 0. The zero-order valence-electron chi connectivity index (χ0n) is 9.38. The first kappa shape index (κ1) is 13.5. The average Bonchev–Trinajstić information content (AvgIpc) is 2.26. The van der Waals surface area contributed by atoms with E-state index in [1.165, 1.54) is 23.9 Å². The van der Waals surface area contributed by atoms with Gasteiger partial charge in [0.2, 0.25) is 0 Å². The van der Waals surface area contributed by atoms with E-state index in [4.69, 9.17) is 5.73 Å². The maximum absolute atomic E-state index is 13.2. The molecule has 1 atom stereocenters. The molecule has 0 heterocycles. The highest BCUT2D eigenvalue weighted by Gasteiger charge is 2.04. The van der Waals surface area contributed by atoms with Crippen molar-refractivity contribution in [3.8, 4) is 0 Å². The minimum Gasteiger partial charge on any atom is -0.328 e. The summed E-state index contributed by atoms with van der Waals surface area (Å²) in [4.78, 5) is 0.506. The average molecular weight is 245 g/mol. The summed E-state index contributed by atoms with van der Waals surface area (Å²) < 4.78 is 25.8. The van der Waals surface area contributed by atoms with Gasteiger partial charge in [0.15, 0.2) is 0 Å². The molecule has 2 N–H and O–H groups in total. The lowest BCUT2D eigenvalue weighted by molar-refractivity contribution is 0.565. The van der Waals surface area contributed by atoms with Gasteiger partial charge >= 0.3 is 0 Å². The number of benzene rings is 1. The van der Waals surface area contributed by atoms with Gasteiger partial charge < -0.3 is 5.73 Å². The fraction of sp³-hybridized carbons (Fsp3) is 0.500. The van der Waals surface area contributed by atoms with Crippen LogP contribution < -0.4 is 5.73 Å². The number of hydrogen-bond acceptors (Lipinski definition) is 2. The van der Waals surface area contributed by atoms with Crippen LogP contribution in [0.25, 0.3) is 0 Å². The van der Waals surface area contributed by atoms with E-state index in [9.17, 15) is 8.78 Å². The van der Waals surface area contributed by atoms with Gasteiger partial charge in [-0.3, -0.25) is 0 Å². The molecule has 90 valence electrons. The molecule has 0 aliphatic heterocycles. The first-order valence-corrected chi connectivity index (χ1v) is 6.45. The zero-order valence-corrected chi connectivity index (χ0v) is 10.2. The van der Waals surface area contributed by atoms with Gasteiger partial charge in [-0.1, -0.05) is 6.92 Å². The third-order valence-electron chi connectivity index (χ3n) is 2.40. The Balaban J connectivity index is 2.32. The van der Waals surface area contributed by atoms with Gasteiger partial charge in [0.25, 0.3) is 0 Å². The van der Waals surface area contributed by atoms with Crippen LogP contribution in [-0.4, -0.2) is 11.8 Å². The van der Waals surface area contributed by atoms with E-state index >= 15 is 0 Å². The van der Waals surface area contributed by atoms with Gasteiger partial charge in [0.1, 0.15) is 11.6 Å². The summed E-state index contributed by atoms with van der Waals surface area (Å²) in [6.45, 7) is 2.05. The Labute approximate surface area is 99.4 Å². The van der Waals surface area contributed by atoms with Crippen LogP contribution in [-0.2, 0) is 0 Å². The van der Waals surface area contributed by atoms with Crippen LogP contribution in [0.1, 0.15) is 26.2 Å². The Hall–Kier alpha value is -0.610. The second-order valence-electron chi connectivity index (χ2n) is 3.73. The zero-order chi connectivity index (χ0) is 12.0. The smallest absolute Gasteiger partial charge is 0.139 e. The van der Waals surface area contributed by atoms with Crippen molar-refractivity contribution in [2.75, 3.05) is 5.75 Å². The van der Waals surface area contributed by atoms with Crippen molar-refractivity contribution in [1.29, 1.82) is 0 Å². The molecule has 0 saturated carbocycles. The lowest BCUT2D eigenvalue weighted by atomic mass is 10.1. The molecule has 0 bridgehead atoms. The van der Waals surface area contributed by atoms with E-state index in [1.54, 1.807) is 0 Å². The van der Waals surface area contributed by atoms with E-state index in [-0.39, 0.29) is 6.04 Å². The molecule has 16 heavy (non-hydrogen) atoms. The Bertz CT molecular complexity index is 331. The number of halogens is 2. The van der Waals surface area contributed by atoms with Gasteiger partial charge in [-0.15, -0.1) is 11.8 Å². The summed E-state index contributed by atoms with van der Waals surface area (Å²) >= 11 is 1.41. The summed E-state index contributed by atoms with van der Waals surface area (Å²) in [5.74, 6) is -0.198. The standard InChI is InChI=1S/C12H17F2NS/c1-2-10(15)4-3-7-16-12-6-5-9(13)8-11(12)14/h5-6,8,10H,2-4,7,15H2,1H3. The molecule has 4 heteroatoms. The predicted octanol–water partition coefficient (Wildman–Crippen LogP) is 3.57. The molecule has 0 aromatic heterocycles. The number of thioether (sulfide) groups is 1. The van der Waals surface area contributed by atoms with Crippen LogP contribution in [0, 0.1) is 11.6 Å². The summed E-state index contributed by atoms with van der Waals surface area (Å²) in [6, 6.07) is 3.91. The predicted molar refractivity (Wildman–Crippen MR) is 64.6 cm³/mol. The number of nitrogens with two attached hydrogens (primary N) is 1. The van der Waals surface area contributed by atoms with Crippen LogP contribution in [0.3, 0.4) is 0 Å². The van der Waals surface area contributed by atoms with Crippen molar-refractivity contribution in [1.82, 2.24) is 0 Å². The van der Waals surface area contributed by atoms with Gasteiger partial charge in [-0.25, -0.2) is 8.78 Å². The van der Waals surface area contributed by atoms with Gasteiger partial charge in [0.05, 0.1) is 0 Å². The molecule has 0 aliphatic carbocycles. The van der Waals surface area contributed by atoms with E-state index in [2.05, 4.69) is 6.92 Å². The molecule has 0 fully saturated rings. The molecule has 0 spiro atoms. The molecule has 1 nitrogen and oxygen atoms in total. The van der Waals surface area contributed by atoms with Crippen molar-refractivity contribution in [3.05, 3.63) is 29.8 Å². The third kappa shape index (κ3) is 4.49. The van der Waals surface area contributed by atoms with E-state index in [0.29, 0.717) is 4.90 Å². The molecular formula is C12H17F2NS. The van der Waals surface area contributed by atoms with Crippen LogP contribution in [0.5, 0.6) is 0 Å². The Morgan fingerprint density at radius 2 is 2.12 bits per heavy atom. The van der Waals surface area contributed by atoms with Crippen molar-refractivity contribution in [2.24, 2.45) is 5.73 Å². The molecule has 1 aromatic carbocycles. The molecule has 1 unspecified atom stereocenters. The van der Waals surface area contributed by atoms with Gasteiger partial charge in [-0.05, 0) is 37.1 Å². The van der Waals surface area contributed by atoms with Crippen molar-refractivity contribution >= 4 is 11.8 Å². The van der Waals surface area contributed by atoms with E-state index in [0.717, 1.165) is 31.1 Å². The minimum absolute atomic E-state index is 0.235. The fourth-order valence-electron chi connectivity index (χ4n) is 1.32. The van der Waals surface area contributed by atoms with Gasteiger partial charge in [-0.2, -0.15) is 0 Å². The molecule has 0 saturated heterocycles. The number of rotatable bonds is 6. The molecular weight excluding hydrogens is 228 g/mol. The van der Waals surface area contributed by atoms with Crippen LogP contribution in [0.2, 0.25) is 0 Å². The first-order chi connectivity index (χ1) is 7.63. The molecule has 1 aromatic rings. The monoisotopic (exact) mass is 245 g/mol. The molecule has 0 radical (unpaired) electrons. The van der Waals surface area contributed by atoms with E-state index < -0.39 is 11.6 Å². The van der Waals surface area contributed by atoms with Crippen LogP contribution in [0.4, 0.5) is 8.78 Å². The fourth-order valence-corrected chi connectivity index (χ4v) is 2.22. The van der Waals surface area contributed by atoms with Crippen molar-refractivity contribution < 1.29 is 8.78 Å². The number of hydrogen-bond donors (Lipinski definition) is 1. The van der Waals surface area contributed by atoms with Crippen LogP contribution >= 0.6 is 11.8 Å². The summed E-state index contributed by atoms with van der Waals surface area (Å²) in [5.41, 5.74) is 5.77. The molecule has 0 amide bonds. The quantitative estimate of drug-likeness (QED) is 0.612. The normalized spacial score (nSPS) is 12.8. The highest BCUT2D eigenvalue weighted by atomic mass is 32.2. The highest BCUT2D eigenvalue weighted by molar-refractivity contribution is 7.99. The largest absolute Gasteiger partial charge is 0.328 e. The Morgan fingerprint density at radius 1 is 1.38 bits per heavy atom. The van der Waals surface area contributed by atoms with Crippen molar-refractivity contribution in [2.45, 2.75) is 37.1 Å². The third-order valence-corrected chi connectivity index (χ3v) is 3.53. The van der Waals surface area contributed by atoms with E-state index in [1.807, 2.05) is 0 Å². The Morgan fingerprint density at radius 3 is 2.75 bits per heavy atom. The van der Waals surface area contributed by atoms with Crippen molar-refractivity contribution in [3.63, 3.8) is 0 Å². The van der Waals surface area contributed by atoms with Gasteiger partial charge in [0, 0.05) is 17.0 Å². The van der Waals surface area contributed by atoms with Crippen LogP contribution in [0.15, 0.2) is 23.1 Å². The summed E-state index contributed by atoms with van der Waals surface area (Å²) in [5, 5.41) is 0. The lowest BCUT2D eigenvalue weighted by Crippen LogP contribution is -2.18. The SMILES string of the molecule is CCC(N)CCCSc1ccc(F)cc1F. The molecule has 1 rings (SSSR count). The molecule has 0 aliphatic rings. The first-order valence-electron chi connectivity index (χ1n) is 5.47. The maximum atomic E-state index is 13.2. The maximum Gasteiger partial charge on any atom is 0.139 e. The highest BCUT2D eigenvalue weighted by Crippen LogP contribution is 2.23. The summed E-state index contributed by atoms with van der Waals surface area (Å²) in [6.07, 6.45) is 2.87.